The molecule has 1 N–H and O–H groups in total. The molecule has 0 bridgehead atoms. The second-order valence-corrected chi connectivity index (χ2v) is 7.99. The molecule has 3 heterocycles. The summed E-state index contributed by atoms with van der Waals surface area (Å²) in [6, 6.07) is 3.84. The Bertz CT molecular complexity index is 915. The van der Waals surface area contributed by atoms with Gasteiger partial charge in [-0.25, -0.2) is 18.2 Å². The van der Waals surface area contributed by atoms with Crippen LogP contribution in [-0.2, 0) is 14.8 Å². The summed E-state index contributed by atoms with van der Waals surface area (Å²) >= 11 is 0. The summed E-state index contributed by atoms with van der Waals surface area (Å²) in [7, 11) is -2.35. The van der Waals surface area contributed by atoms with E-state index in [1.54, 1.807) is 18.3 Å². The molecule has 1 saturated heterocycles. The molecular weight excluding hydrogens is 356 g/mol. The number of amides is 3. The lowest BCUT2D eigenvalue weighted by Crippen LogP contribution is -2.44. The zero-order chi connectivity index (χ0) is 18.7. The SMILES string of the molecule is CN1C(=O)NC(CS(=O)(=O)N2CC=C(C#Cc3ccccn3)CC2)C1=O. The first kappa shape index (κ1) is 18.1. The number of likely N-dealkylation sites (N-methyl/N-ethyl adjacent to an activating group) is 1. The summed E-state index contributed by atoms with van der Waals surface area (Å²) in [5.41, 5.74) is 1.51. The van der Waals surface area contributed by atoms with Crippen molar-refractivity contribution in [2.24, 2.45) is 0 Å². The van der Waals surface area contributed by atoms with Crippen molar-refractivity contribution in [3.8, 4) is 11.8 Å². The Morgan fingerprint density at radius 1 is 1.31 bits per heavy atom. The fourth-order valence-electron chi connectivity index (χ4n) is 2.67. The second-order valence-electron chi connectivity index (χ2n) is 5.98. The van der Waals surface area contributed by atoms with Gasteiger partial charge in [0.1, 0.15) is 11.7 Å². The van der Waals surface area contributed by atoms with Gasteiger partial charge in [0.15, 0.2) is 0 Å². The predicted molar refractivity (Wildman–Crippen MR) is 94.3 cm³/mol. The van der Waals surface area contributed by atoms with Crippen molar-refractivity contribution in [2.75, 3.05) is 25.9 Å². The Morgan fingerprint density at radius 3 is 2.69 bits per heavy atom. The first-order valence-corrected chi connectivity index (χ1v) is 9.66. The van der Waals surface area contributed by atoms with Crippen molar-refractivity contribution in [1.29, 1.82) is 0 Å². The monoisotopic (exact) mass is 374 g/mol. The summed E-state index contributed by atoms with van der Waals surface area (Å²) in [4.78, 5) is 28.3. The zero-order valence-electron chi connectivity index (χ0n) is 14.2. The maximum absolute atomic E-state index is 12.5. The van der Waals surface area contributed by atoms with Crippen molar-refractivity contribution in [3.63, 3.8) is 0 Å². The number of nitrogens with one attached hydrogen (secondary N) is 1. The number of carbonyl (C=O) groups excluding carboxylic acids is 2. The van der Waals surface area contributed by atoms with Crippen LogP contribution in [0.15, 0.2) is 36.0 Å². The summed E-state index contributed by atoms with van der Waals surface area (Å²) in [6.07, 6.45) is 3.91. The molecule has 2 aliphatic heterocycles. The van der Waals surface area contributed by atoms with Crippen LogP contribution >= 0.6 is 0 Å². The van der Waals surface area contributed by atoms with Crippen LogP contribution < -0.4 is 5.32 Å². The molecule has 0 aromatic carbocycles. The van der Waals surface area contributed by atoms with Gasteiger partial charge in [-0.15, -0.1) is 0 Å². The third kappa shape index (κ3) is 3.92. The molecule has 0 saturated carbocycles. The fourth-order valence-corrected chi connectivity index (χ4v) is 4.20. The van der Waals surface area contributed by atoms with E-state index in [2.05, 4.69) is 22.1 Å². The van der Waals surface area contributed by atoms with E-state index in [0.717, 1.165) is 10.5 Å². The van der Waals surface area contributed by atoms with E-state index in [0.29, 0.717) is 12.1 Å². The standard InChI is InChI=1S/C17H18N4O4S/c1-20-16(22)15(19-17(20)23)12-26(24,25)21-10-7-13(8-11-21)5-6-14-4-2-3-9-18-14/h2-4,7,9,15H,8,10-12H2,1H3,(H,19,23). The molecule has 1 aromatic rings. The van der Waals surface area contributed by atoms with Gasteiger partial charge >= 0.3 is 6.03 Å². The van der Waals surface area contributed by atoms with E-state index in [1.165, 1.54) is 11.4 Å². The highest BCUT2D eigenvalue weighted by Crippen LogP contribution is 2.16. The third-order valence-electron chi connectivity index (χ3n) is 4.19. The lowest BCUT2D eigenvalue weighted by Gasteiger charge is -2.25. The van der Waals surface area contributed by atoms with Gasteiger partial charge in [-0.1, -0.05) is 18.1 Å². The summed E-state index contributed by atoms with van der Waals surface area (Å²) in [5, 5.41) is 2.38. The Hall–Kier alpha value is -2.70. The van der Waals surface area contributed by atoms with Gasteiger partial charge in [0.05, 0.1) is 5.75 Å². The summed E-state index contributed by atoms with van der Waals surface area (Å²) < 4.78 is 26.3. The molecule has 9 heteroatoms. The van der Waals surface area contributed by atoms with Gasteiger partial charge < -0.3 is 5.32 Å². The Labute approximate surface area is 151 Å². The number of aromatic nitrogens is 1. The highest BCUT2D eigenvalue weighted by molar-refractivity contribution is 7.89. The normalized spacial score (nSPS) is 21.0. The predicted octanol–water partition coefficient (Wildman–Crippen LogP) is -0.0548. The average molecular weight is 374 g/mol. The lowest BCUT2D eigenvalue weighted by atomic mass is 10.1. The molecule has 0 radical (unpaired) electrons. The second kappa shape index (κ2) is 7.27. The Kier molecular flexibility index (Phi) is 5.06. The van der Waals surface area contributed by atoms with Crippen LogP contribution in [0.2, 0.25) is 0 Å². The van der Waals surface area contributed by atoms with E-state index >= 15 is 0 Å². The first-order chi connectivity index (χ1) is 12.4. The molecule has 0 aliphatic carbocycles. The molecule has 3 amide bonds. The number of hydrogen-bond donors (Lipinski definition) is 1. The van der Waals surface area contributed by atoms with Crippen molar-refractivity contribution in [3.05, 3.63) is 41.7 Å². The zero-order valence-corrected chi connectivity index (χ0v) is 15.0. The van der Waals surface area contributed by atoms with E-state index in [4.69, 9.17) is 0 Å². The minimum Gasteiger partial charge on any atom is -0.325 e. The largest absolute Gasteiger partial charge is 0.325 e. The lowest BCUT2D eigenvalue weighted by molar-refractivity contribution is -0.126. The van der Waals surface area contributed by atoms with Gasteiger partial charge in [-0.2, -0.15) is 4.31 Å². The molecule has 1 unspecified atom stereocenters. The number of rotatable bonds is 3. The molecule has 0 spiro atoms. The first-order valence-electron chi connectivity index (χ1n) is 8.05. The number of pyridine rings is 1. The molecule has 1 aromatic heterocycles. The van der Waals surface area contributed by atoms with E-state index < -0.39 is 33.8 Å². The summed E-state index contributed by atoms with van der Waals surface area (Å²) in [5.74, 6) is 4.98. The van der Waals surface area contributed by atoms with E-state index in [-0.39, 0.29) is 13.1 Å². The number of hydrogen-bond acceptors (Lipinski definition) is 5. The van der Waals surface area contributed by atoms with Gasteiger partial charge in [-0.3, -0.25) is 9.69 Å². The van der Waals surface area contributed by atoms with Crippen LogP contribution in [-0.4, -0.2) is 66.5 Å². The molecule has 8 nitrogen and oxygen atoms in total. The van der Waals surface area contributed by atoms with Crippen LogP contribution in [0.5, 0.6) is 0 Å². The minimum absolute atomic E-state index is 0.194. The van der Waals surface area contributed by atoms with Gasteiger partial charge in [0.25, 0.3) is 5.91 Å². The highest BCUT2D eigenvalue weighted by Gasteiger charge is 2.39. The van der Waals surface area contributed by atoms with Crippen molar-refractivity contribution in [1.82, 2.24) is 19.5 Å². The van der Waals surface area contributed by atoms with Gasteiger partial charge in [-0.05, 0) is 24.5 Å². The number of urea groups is 1. The number of nitrogens with zero attached hydrogens (tertiary/aromatic N) is 3. The minimum atomic E-state index is -3.67. The smallest absolute Gasteiger partial charge is 0.324 e. The molecular formula is C17H18N4O4S. The average Bonchev–Trinajstić information content (AvgIpc) is 2.87. The van der Waals surface area contributed by atoms with Gasteiger partial charge in [0.2, 0.25) is 10.0 Å². The van der Waals surface area contributed by atoms with Crippen LogP contribution in [0, 0.1) is 11.8 Å². The van der Waals surface area contributed by atoms with Crippen LogP contribution in [0.4, 0.5) is 4.79 Å². The third-order valence-corrected chi connectivity index (χ3v) is 6.06. The van der Waals surface area contributed by atoms with Crippen molar-refractivity contribution < 1.29 is 18.0 Å². The molecule has 1 fully saturated rings. The molecule has 3 rings (SSSR count). The molecule has 136 valence electrons. The fraction of sp³-hybridized carbons (Fsp3) is 0.353. The maximum atomic E-state index is 12.5. The Balaban J connectivity index is 1.63. The van der Waals surface area contributed by atoms with Crippen molar-refractivity contribution >= 4 is 22.0 Å². The van der Waals surface area contributed by atoms with Crippen LogP contribution in [0.1, 0.15) is 12.1 Å². The molecule has 2 aliphatic rings. The molecule has 1 atom stereocenters. The number of imide groups is 1. The topological polar surface area (TPSA) is 99.7 Å². The van der Waals surface area contributed by atoms with Gasteiger partial charge in [0, 0.05) is 31.9 Å². The van der Waals surface area contributed by atoms with Crippen LogP contribution in [0.3, 0.4) is 0 Å². The quantitative estimate of drug-likeness (QED) is 0.590. The molecule has 26 heavy (non-hydrogen) atoms. The van der Waals surface area contributed by atoms with E-state index in [1.807, 2.05) is 12.1 Å². The number of sulfonamides is 1. The van der Waals surface area contributed by atoms with E-state index in [9.17, 15) is 18.0 Å². The van der Waals surface area contributed by atoms with Crippen LogP contribution in [0.25, 0.3) is 0 Å². The maximum Gasteiger partial charge on any atom is 0.324 e. The number of carbonyl (C=O) groups is 2. The van der Waals surface area contributed by atoms with Crippen molar-refractivity contribution in [2.45, 2.75) is 12.5 Å². The highest BCUT2D eigenvalue weighted by atomic mass is 32.2. The summed E-state index contributed by atoms with van der Waals surface area (Å²) in [6.45, 7) is 0.481. The Morgan fingerprint density at radius 2 is 2.12 bits per heavy atom.